The standard InChI is InChI=1S/C35H50N6O9/c1-22(36-33(47)28(37-23(2)43)19-24-11-7-6-8-12-24)31(45)39-29(20-25-14-16-26(44)17-15-25)34(48)38-27(13-9-10-18-41(3,4)5)32(46)40-30(21-42)35(49)50/h6-8,11-12,14-17,22,27-30,42H,9-10,13,18-21H2,1-5H3,(H6-,36,37,38,39,40,43,44,45,46,47,48,49,50)/p+1/t22-,27-,28-,29-,30-/m0/s1. The SMILES string of the molecule is CC(=O)N[C@@H](Cc1ccccc1)C(=O)N[C@@H](C)C(=O)N[C@@H](Cc1ccc(O)cc1)C(=O)N[C@@H](CCCC[N+](C)(C)C)C(=O)N[C@@H](CO)C(=O)O. The lowest BCUT2D eigenvalue weighted by Gasteiger charge is -2.27. The molecule has 5 atom stereocenters. The van der Waals surface area contributed by atoms with Gasteiger partial charge in [-0.2, -0.15) is 0 Å². The number of amides is 5. The summed E-state index contributed by atoms with van der Waals surface area (Å²) in [4.78, 5) is 76.9. The summed E-state index contributed by atoms with van der Waals surface area (Å²) in [6.45, 7) is 2.60. The highest BCUT2D eigenvalue weighted by molar-refractivity contribution is 5.96. The van der Waals surface area contributed by atoms with Gasteiger partial charge in [0.2, 0.25) is 29.5 Å². The largest absolute Gasteiger partial charge is 0.508 e. The third kappa shape index (κ3) is 15.0. The first kappa shape index (κ1) is 41.2. The lowest BCUT2D eigenvalue weighted by molar-refractivity contribution is -0.870. The maximum absolute atomic E-state index is 13.8. The van der Waals surface area contributed by atoms with Crippen molar-refractivity contribution in [3.05, 3.63) is 65.7 Å². The van der Waals surface area contributed by atoms with Crippen LogP contribution in [0.25, 0.3) is 0 Å². The number of carboxylic acids is 1. The Kier molecular flexibility index (Phi) is 16.3. The Morgan fingerprint density at radius 2 is 1.16 bits per heavy atom. The fraction of sp³-hybridized carbons (Fsp3) is 0.486. The van der Waals surface area contributed by atoms with Crippen LogP contribution in [0.4, 0.5) is 0 Å². The van der Waals surface area contributed by atoms with Crippen LogP contribution in [0.5, 0.6) is 5.75 Å². The second-order valence-corrected chi connectivity index (χ2v) is 13.3. The Labute approximate surface area is 292 Å². The van der Waals surface area contributed by atoms with Gasteiger partial charge in [-0.15, -0.1) is 0 Å². The topological polar surface area (TPSA) is 223 Å². The molecule has 50 heavy (non-hydrogen) atoms. The van der Waals surface area contributed by atoms with E-state index in [1.807, 2.05) is 27.2 Å². The van der Waals surface area contributed by atoms with Crippen LogP contribution >= 0.6 is 0 Å². The number of hydrogen-bond acceptors (Lipinski definition) is 8. The molecule has 0 bridgehead atoms. The molecule has 2 aromatic rings. The number of carboxylic acid groups (broad SMARTS) is 1. The lowest BCUT2D eigenvalue weighted by Crippen LogP contribution is -2.59. The molecule has 0 fully saturated rings. The van der Waals surface area contributed by atoms with Gasteiger partial charge in [-0.25, -0.2) is 4.79 Å². The fourth-order valence-corrected chi connectivity index (χ4v) is 4.99. The number of phenolic OH excluding ortho intramolecular Hbond substituents is 1. The Balaban J connectivity index is 2.27. The molecular formula is C35H51N6O9+. The van der Waals surface area contributed by atoms with E-state index in [1.165, 1.54) is 26.0 Å². The van der Waals surface area contributed by atoms with Crippen molar-refractivity contribution in [1.29, 1.82) is 0 Å². The minimum absolute atomic E-state index is 0.0122. The Bertz CT molecular complexity index is 1450. The number of quaternary nitrogens is 1. The predicted octanol–water partition coefficient (Wildman–Crippen LogP) is -0.405. The molecular weight excluding hydrogens is 648 g/mol. The molecule has 0 saturated heterocycles. The number of aliphatic carboxylic acids is 1. The van der Waals surface area contributed by atoms with Crippen LogP contribution in [-0.2, 0) is 41.6 Å². The molecule has 2 aromatic carbocycles. The summed E-state index contributed by atoms with van der Waals surface area (Å²) in [5.41, 5.74) is 1.34. The molecule has 5 amide bonds. The average Bonchev–Trinajstić information content (AvgIpc) is 3.04. The number of hydrogen-bond donors (Lipinski definition) is 8. The molecule has 15 nitrogen and oxygen atoms in total. The monoisotopic (exact) mass is 699 g/mol. The van der Waals surface area contributed by atoms with E-state index in [0.717, 1.165) is 12.1 Å². The van der Waals surface area contributed by atoms with E-state index in [-0.39, 0.29) is 25.0 Å². The zero-order chi connectivity index (χ0) is 37.4. The zero-order valence-electron chi connectivity index (χ0n) is 29.3. The number of carbonyl (C=O) groups is 6. The highest BCUT2D eigenvalue weighted by Gasteiger charge is 2.31. The van der Waals surface area contributed by atoms with E-state index in [0.29, 0.717) is 22.9 Å². The molecule has 0 aliphatic carbocycles. The number of aliphatic hydroxyl groups is 1. The van der Waals surface area contributed by atoms with E-state index in [1.54, 1.807) is 36.4 Å². The maximum atomic E-state index is 13.8. The number of nitrogens with zero attached hydrogens (tertiary/aromatic N) is 1. The first-order valence-electron chi connectivity index (χ1n) is 16.4. The Morgan fingerprint density at radius 1 is 0.660 bits per heavy atom. The van der Waals surface area contributed by atoms with Crippen molar-refractivity contribution in [3.8, 4) is 5.75 Å². The average molecular weight is 700 g/mol. The van der Waals surface area contributed by atoms with Crippen LogP contribution in [0.3, 0.4) is 0 Å². The first-order valence-corrected chi connectivity index (χ1v) is 16.4. The summed E-state index contributed by atoms with van der Waals surface area (Å²) in [6, 6.07) is 8.76. The van der Waals surface area contributed by atoms with Crippen molar-refractivity contribution in [2.24, 2.45) is 0 Å². The third-order valence-electron chi connectivity index (χ3n) is 7.74. The normalized spacial score (nSPS) is 14.2. The second kappa shape index (κ2) is 19.8. The molecule has 15 heteroatoms. The van der Waals surface area contributed by atoms with Crippen LogP contribution in [0.1, 0.15) is 44.2 Å². The van der Waals surface area contributed by atoms with Gasteiger partial charge in [0.1, 0.15) is 36.0 Å². The van der Waals surface area contributed by atoms with E-state index in [9.17, 15) is 44.1 Å². The molecule has 2 rings (SSSR count). The quantitative estimate of drug-likeness (QED) is 0.0664. The van der Waals surface area contributed by atoms with E-state index in [2.05, 4.69) is 26.6 Å². The number of carbonyl (C=O) groups excluding carboxylic acids is 5. The number of benzene rings is 2. The van der Waals surface area contributed by atoms with Crippen LogP contribution in [0.15, 0.2) is 54.6 Å². The van der Waals surface area contributed by atoms with Gasteiger partial charge in [0.05, 0.1) is 34.3 Å². The van der Waals surface area contributed by atoms with Gasteiger partial charge < -0.3 is 46.4 Å². The number of aliphatic hydroxyl groups excluding tert-OH is 1. The van der Waals surface area contributed by atoms with Crippen LogP contribution < -0.4 is 26.6 Å². The maximum Gasteiger partial charge on any atom is 0.328 e. The number of aromatic hydroxyl groups is 1. The van der Waals surface area contributed by atoms with Crippen LogP contribution in [0.2, 0.25) is 0 Å². The molecule has 0 aromatic heterocycles. The molecule has 0 heterocycles. The molecule has 8 N–H and O–H groups in total. The number of rotatable bonds is 20. The van der Waals surface area contributed by atoms with Crippen molar-refractivity contribution < 1.29 is 48.6 Å². The number of nitrogens with one attached hydrogen (secondary N) is 5. The summed E-state index contributed by atoms with van der Waals surface area (Å²) in [5, 5.41) is 41.2. The summed E-state index contributed by atoms with van der Waals surface area (Å²) < 4.78 is 0.669. The van der Waals surface area contributed by atoms with E-state index in [4.69, 9.17) is 0 Å². The van der Waals surface area contributed by atoms with Gasteiger partial charge in [-0.1, -0.05) is 42.5 Å². The minimum atomic E-state index is -1.59. The van der Waals surface area contributed by atoms with Gasteiger partial charge in [0, 0.05) is 19.8 Å². The molecule has 0 radical (unpaired) electrons. The first-order chi connectivity index (χ1) is 23.5. The number of unbranched alkanes of at least 4 members (excludes halogenated alkanes) is 1. The minimum Gasteiger partial charge on any atom is -0.508 e. The molecule has 0 unspecified atom stereocenters. The summed E-state index contributed by atoms with van der Waals surface area (Å²) >= 11 is 0. The molecule has 274 valence electrons. The highest BCUT2D eigenvalue weighted by atomic mass is 16.4. The summed E-state index contributed by atoms with van der Waals surface area (Å²) in [5.74, 6) is -4.82. The second-order valence-electron chi connectivity index (χ2n) is 13.3. The molecule has 0 saturated carbocycles. The van der Waals surface area contributed by atoms with E-state index >= 15 is 0 Å². The third-order valence-corrected chi connectivity index (χ3v) is 7.74. The lowest BCUT2D eigenvalue weighted by atomic mass is 10.0. The van der Waals surface area contributed by atoms with Crippen molar-refractivity contribution in [2.45, 2.75) is 76.2 Å². The van der Waals surface area contributed by atoms with Gasteiger partial charge >= 0.3 is 5.97 Å². The molecule has 0 spiro atoms. The van der Waals surface area contributed by atoms with Gasteiger partial charge in [-0.05, 0) is 49.4 Å². The van der Waals surface area contributed by atoms with Gasteiger partial charge in [0.15, 0.2) is 0 Å². The molecule has 0 aliphatic rings. The van der Waals surface area contributed by atoms with Crippen molar-refractivity contribution in [3.63, 3.8) is 0 Å². The van der Waals surface area contributed by atoms with Crippen molar-refractivity contribution >= 4 is 35.5 Å². The highest BCUT2D eigenvalue weighted by Crippen LogP contribution is 2.13. The van der Waals surface area contributed by atoms with Crippen molar-refractivity contribution in [2.75, 3.05) is 34.3 Å². The number of phenols is 1. The fourth-order valence-electron chi connectivity index (χ4n) is 4.99. The van der Waals surface area contributed by atoms with Gasteiger partial charge in [-0.3, -0.25) is 24.0 Å². The Morgan fingerprint density at radius 3 is 1.70 bits per heavy atom. The van der Waals surface area contributed by atoms with Gasteiger partial charge in [0.25, 0.3) is 0 Å². The molecule has 0 aliphatic heterocycles. The van der Waals surface area contributed by atoms with Crippen LogP contribution in [-0.4, -0.2) is 120 Å². The Hall–Kier alpha value is -5.02. The van der Waals surface area contributed by atoms with Crippen molar-refractivity contribution in [1.82, 2.24) is 26.6 Å². The predicted molar refractivity (Wildman–Crippen MR) is 184 cm³/mol. The summed E-state index contributed by atoms with van der Waals surface area (Å²) in [7, 11) is 6.02. The summed E-state index contributed by atoms with van der Waals surface area (Å²) in [6.07, 6.45) is 1.45. The zero-order valence-corrected chi connectivity index (χ0v) is 29.3. The smallest absolute Gasteiger partial charge is 0.328 e. The van der Waals surface area contributed by atoms with Crippen LogP contribution in [0, 0.1) is 0 Å². The van der Waals surface area contributed by atoms with E-state index < -0.39 is 72.3 Å².